The van der Waals surface area contributed by atoms with Gasteiger partial charge >= 0.3 is 17.9 Å². The highest BCUT2D eigenvalue weighted by molar-refractivity contribution is 5.71. The van der Waals surface area contributed by atoms with Crippen molar-refractivity contribution in [2.45, 2.75) is 181 Å². The predicted molar refractivity (Wildman–Crippen MR) is 269 cm³/mol. The number of carbonyl (C=O) groups excluding carboxylic acids is 3. The molecule has 0 bridgehead atoms. The van der Waals surface area contributed by atoms with Crippen LogP contribution in [0.15, 0.2) is 146 Å². The number of hydrogen-bond donors (Lipinski definition) is 0. The lowest BCUT2D eigenvalue weighted by atomic mass is 10.1. The van der Waals surface area contributed by atoms with Gasteiger partial charge in [0.15, 0.2) is 6.10 Å². The Morgan fingerprint density at radius 1 is 0.333 bits per heavy atom. The lowest BCUT2D eigenvalue weighted by Crippen LogP contribution is -2.30. The minimum Gasteiger partial charge on any atom is -0.462 e. The van der Waals surface area contributed by atoms with Gasteiger partial charge in [0.05, 0.1) is 0 Å². The molecule has 350 valence electrons. The Morgan fingerprint density at radius 2 is 0.651 bits per heavy atom. The lowest BCUT2D eigenvalue weighted by molar-refractivity contribution is -0.166. The van der Waals surface area contributed by atoms with Crippen molar-refractivity contribution in [3.05, 3.63) is 146 Å². The third kappa shape index (κ3) is 48.2. The van der Waals surface area contributed by atoms with E-state index in [4.69, 9.17) is 14.2 Å². The van der Waals surface area contributed by atoms with Crippen LogP contribution in [-0.2, 0) is 28.6 Å². The van der Waals surface area contributed by atoms with E-state index in [0.29, 0.717) is 19.3 Å². The van der Waals surface area contributed by atoms with E-state index in [2.05, 4.69) is 154 Å². The lowest BCUT2D eigenvalue weighted by Gasteiger charge is -2.18. The molecule has 0 aliphatic heterocycles. The van der Waals surface area contributed by atoms with Gasteiger partial charge in [-0.2, -0.15) is 0 Å². The quantitative estimate of drug-likeness (QED) is 0.0264. The van der Waals surface area contributed by atoms with Crippen LogP contribution in [0, 0.1) is 0 Å². The Kier molecular flexibility index (Phi) is 46.2. The summed E-state index contributed by atoms with van der Waals surface area (Å²) in [5, 5.41) is 0. The molecule has 0 aromatic rings. The number of unbranched alkanes of at least 4 members (excludes halogenated alkanes) is 6. The van der Waals surface area contributed by atoms with Crippen molar-refractivity contribution >= 4 is 17.9 Å². The van der Waals surface area contributed by atoms with Gasteiger partial charge in [0.25, 0.3) is 0 Å². The second kappa shape index (κ2) is 49.9. The maximum atomic E-state index is 12.6. The summed E-state index contributed by atoms with van der Waals surface area (Å²) in [7, 11) is 0. The van der Waals surface area contributed by atoms with Crippen LogP contribution >= 0.6 is 0 Å². The molecule has 0 aliphatic carbocycles. The molecule has 0 rings (SSSR count). The molecule has 0 aliphatic rings. The van der Waals surface area contributed by atoms with Crippen molar-refractivity contribution in [2.24, 2.45) is 0 Å². The molecule has 0 N–H and O–H groups in total. The molecule has 63 heavy (non-hydrogen) atoms. The summed E-state index contributed by atoms with van der Waals surface area (Å²) in [6.07, 6.45) is 71.8. The van der Waals surface area contributed by atoms with Gasteiger partial charge in [-0.25, -0.2) is 0 Å². The number of allylic oxidation sites excluding steroid dienone is 24. The molecule has 0 radical (unpaired) electrons. The van der Waals surface area contributed by atoms with Crippen molar-refractivity contribution in [3.8, 4) is 0 Å². The molecule has 0 fully saturated rings. The van der Waals surface area contributed by atoms with Gasteiger partial charge in [-0.15, -0.1) is 0 Å². The van der Waals surface area contributed by atoms with Crippen LogP contribution in [0.5, 0.6) is 0 Å². The van der Waals surface area contributed by atoms with Gasteiger partial charge < -0.3 is 14.2 Å². The fourth-order valence-corrected chi connectivity index (χ4v) is 5.76. The van der Waals surface area contributed by atoms with E-state index in [1.165, 1.54) is 0 Å². The number of carbonyl (C=O) groups is 3. The second-order valence-electron chi connectivity index (χ2n) is 15.3. The Balaban J connectivity index is 4.33. The first-order chi connectivity index (χ1) is 31.0. The Bertz CT molecular complexity index is 1460. The van der Waals surface area contributed by atoms with Crippen molar-refractivity contribution in [1.82, 2.24) is 0 Å². The molecule has 1 atom stereocenters. The molecule has 6 nitrogen and oxygen atoms in total. The van der Waals surface area contributed by atoms with Crippen LogP contribution in [0.2, 0.25) is 0 Å². The molecular weight excluding hydrogens is 781 g/mol. The summed E-state index contributed by atoms with van der Waals surface area (Å²) < 4.78 is 16.5. The highest BCUT2D eigenvalue weighted by Crippen LogP contribution is 2.09. The molecule has 1 unspecified atom stereocenters. The molecule has 0 spiro atoms. The first-order valence-electron chi connectivity index (χ1n) is 24.3. The number of ether oxygens (including phenoxy) is 3. The Labute approximate surface area is 385 Å². The third-order valence-electron chi connectivity index (χ3n) is 9.35. The largest absolute Gasteiger partial charge is 0.462 e. The predicted octanol–water partition coefficient (Wildman–Crippen LogP) is 16.1. The van der Waals surface area contributed by atoms with Crippen LogP contribution in [0.25, 0.3) is 0 Å². The molecule has 0 amide bonds. The average molecular weight is 867 g/mol. The van der Waals surface area contributed by atoms with Gasteiger partial charge in [0.1, 0.15) is 13.2 Å². The number of rotatable bonds is 41. The first kappa shape index (κ1) is 58.3. The monoisotopic (exact) mass is 867 g/mol. The SMILES string of the molecule is CC/C=C\C/C=C\C/C=C\C/C=C\C/C=C\C/C=C\C/C=C\C/C=C\CCCCC(=O)OCC(COC(=O)CCCCCCC)OC(=O)CC/C=C\C/C=C\C/C=C\C/C=C\CC. The zero-order valence-electron chi connectivity index (χ0n) is 39.8. The van der Waals surface area contributed by atoms with E-state index in [1.807, 2.05) is 12.2 Å². The zero-order valence-corrected chi connectivity index (χ0v) is 39.8. The highest BCUT2D eigenvalue weighted by atomic mass is 16.6. The standard InChI is InChI=1S/C57H86O6/c1-4-7-10-13-15-17-19-21-22-23-24-25-26-27-28-29-30-31-32-33-34-36-37-39-41-44-47-50-56(59)62-53-54(52-61-55(58)49-46-43-12-9-6-3)63-57(60)51-48-45-42-40-38-35-20-18-16-14-11-8-5-2/h7-8,10-11,15-18,21-22,24-25,27-28,30-31,33-35,37-39,42,45,54H,4-6,9,12-14,19-20,23,26,29,32,36,40-41,43-44,46-53H2,1-3H3/b10-7-,11-8-,17-15-,18-16-,22-21-,25-24-,28-27-,31-30-,34-33-,38-35-,39-37-,45-42-. The maximum Gasteiger partial charge on any atom is 0.306 e. The van der Waals surface area contributed by atoms with Crippen molar-refractivity contribution < 1.29 is 28.6 Å². The van der Waals surface area contributed by atoms with Crippen LogP contribution in [-0.4, -0.2) is 37.2 Å². The molecular formula is C57H86O6. The maximum absolute atomic E-state index is 12.6. The molecule has 0 saturated heterocycles. The van der Waals surface area contributed by atoms with Crippen LogP contribution in [0.3, 0.4) is 0 Å². The van der Waals surface area contributed by atoms with Gasteiger partial charge in [-0.3, -0.25) is 14.4 Å². The van der Waals surface area contributed by atoms with Crippen molar-refractivity contribution in [3.63, 3.8) is 0 Å². The minimum atomic E-state index is -0.835. The van der Waals surface area contributed by atoms with Gasteiger partial charge in [0, 0.05) is 19.3 Å². The Hall–Kier alpha value is -4.71. The van der Waals surface area contributed by atoms with Gasteiger partial charge in [-0.05, 0) is 109 Å². The van der Waals surface area contributed by atoms with E-state index in [-0.39, 0.29) is 38.0 Å². The fraction of sp³-hybridized carbons (Fsp3) is 0.526. The van der Waals surface area contributed by atoms with Crippen LogP contribution in [0.4, 0.5) is 0 Å². The van der Waals surface area contributed by atoms with Crippen molar-refractivity contribution in [1.29, 1.82) is 0 Å². The van der Waals surface area contributed by atoms with Gasteiger partial charge in [0.2, 0.25) is 0 Å². The smallest absolute Gasteiger partial charge is 0.306 e. The number of esters is 3. The molecule has 0 heterocycles. The first-order valence-corrected chi connectivity index (χ1v) is 24.3. The second-order valence-corrected chi connectivity index (χ2v) is 15.3. The highest BCUT2D eigenvalue weighted by Gasteiger charge is 2.19. The number of hydrogen-bond acceptors (Lipinski definition) is 6. The average Bonchev–Trinajstić information content (AvgIpc) is 3.28. The molecule has 0 saturated carbocycles. The van der Waals surface area contributed by atoms with E-state index in [1.54, 1.807) is 0 Å². The van der Waals surface area contributed by atoms with Crippen molar-refractivity contribution in [2.75, 3.05) is 13.2 Å². The molecule has 0 aromatic heterocycles. The van der Waals surface area contributed by atoms with Crippen LogP contribution in [0.1, 0.15) is 175 Å². The Morgan fingerprint density at radius 3 is 1.02 bits per heavy atom. The summed E-state index contributed by atoms with van der Waals surface area (Å²) in [5.41, 5.74) is 0. The van der Waals surface area contributed by atoms with E-state index in [9.17, 15) is 14.4 Å². The fourth-order valence-electron chi connectivity index (χ4n) is 5.76. The van der Waals surface area contributed by atoms with E-state index in [0.717, 1.165) is 122 Å². The molecule has 6 heteroatoms. The van der Waals surface area contributed by atoms with E-state index >= 15 is 0 Å². The molecule has 0 aromatic carbocycles. The summed E-state index contributed by atoms with van der Waals surface area (Å²) in [6, 6.07) is 0. The minimum absolute atomic E-state index is 0.128. The summed E-state index contributed by atoms with van der Waals surface area (Å²) in [5.74, 6) is -1.09. The van der Waals surface area contributed by atoms with E-state index < -0.39 is 12.1 Å². The van der Waals surface area contributed by atoms with Gasteiger partial charge in [-0.1, -0.05) is 192 Å². The third-order valence-corrected chi connectivity index (χ3v) is 9.35. The van der Waals surface area contributed by atoms with Crippen LogP contribution < -0.4 is 0 Å². The topological polar surface area (TPSA) is 78.9 Å². The summed E-state index contributed by atoms with van der Waals surface area (Å²) in [4.78, 5) is 37.5. The summed E-state index contributed by atoms with van der Waals surface area (Å²) in [6.45, 7) is 6.18. The zero-order chi connectivity index (χ0) is 45.8. The normalized spacial score (nSPS) is 13.4. The summed E-state index contributed by atoms with van der Waals surface area (Å²) >= 11 is 0.